The molecule has 1 fully saturated rings. The molecule has 0 aliphatic carbocycles. The molecule has 3 rings (SSSR count). The molecule has 0 unspecified atom stereocenters. The monoisotopic (exact) mass is 236 g/mol. The lowest BCUT2D eigenvalue weighted by molar-refractivity contribution is -0.136. The summed E-state index contributed by atoms with van der Waals surface area (Å²) in [6.45, 7) is 5.74. The molecule has 3 heterocycles. The van der Waals surface area contributed by atoms with Crippen molar-refractivity contribution in [2.45, 2.75) is 25.9 Å². The first-order chi connectivity index (χ1) is 7.74. The maximum absolute atomic E-state index is 11.1. The van der Waals surface area contributed by atoms with Gasteiger partial charge >= 0.3 is 0 Å². The van der Waals surface area contributed by atoms with Gasteiger partial charge < -0.3 is 4.90 Å². The van der Waals surface area contributed by atoms with Crippen molar-refractivity contribution in [2.75, 3.05) is 19.6 Å². The van der Waals surface area contributed by atoms with Crippen molar-refractivity contribution < 1.29 is 4.79 Å². The molecule has 2 aliphatic heterocycles. The van der Waals surface area contributed by atoms with E-state index in [0.29, 0.717) is 6.04 Å². The Hall–Kier alpha value is -0.870. The third-order valence-corrected chi connectivity index (χ3v) is 4.68. The molecule has 0 saturated carbocycles. The summed E-state index contributed by atoms with van der Waals surface area (Å²) in [7, 11) is 0. The summed E-state index contributed by atoms with van der Waals surface area (Å²) in [5.41, 5.74) is 1.50. The highest BCUT2D eigenvalue weighted by Crippen LogP contribution is 2.27. The molecule has 1 amide bonds. The van der Waals surface area contributed by atoms with E-state index in [9.17, 15) is 4.79 Å². The van der Waals surface area contributed by atoms with Crippen LogP contribution in [0.15, 0.2) is 11.4 Å². The van der Waals surface area contributed by atoms with E-state index in [-0.39, 0.29) is 5.91 Å². The molecular weight excluding hydrogens is 220 g/mol. The Balaban J connectivity index is 1.61. The van der Waals surface area contributed by atoms with E-state index in [1.165, 1.54) is 12.0 Å². The van der Waals surface area contributed by atoms with E-state index in [2.05, 4.69) is 16.3 Å². The van der Waals surface area contributed by atoms with Gasteiger partial charge in [0.15, 0.2) is 0 Å². The molecule has 0 atom stereocenters. The molecule has 3 nitrogen and oxygen atoms in total. The zero-order valence-corrected chi connectivity index (χ0v) is 10.3. The number of hydrogen-bond acceptors (Lipinski definition) is 3. The van der Waals surface area contributed by atoms with Gasteiger partial charge in [0.05, 0.1) is 0 Å². The van der Waals surface area contributed by atoms with Crippen molar-refractivity contribution in [3.05, 3.63) is 21.9 Å². The van der Waals surface area contributed by atoms with Crippen LogP contribution in [0.4, 0.5) is 0 Å². The van der Waals surface area contributed by atoms with Crippen LogP contribution < -0.4 is 0 Å². The summed E-state index contributed by atoms with van der Waals surface area (Å²) in [5.74, 6) is 0.212. The minimum absolute atomic E-state index is 0.212. The molecular formula is C12H16N2OS. The Labute approximate surface area is 99.7 Å². The molecule has 1 saturated heterocycles. The zero-order valence-electron chi connectivity index (χ0n) is 9.48. The SMILES string of the molecule is CC(=O)N1CC(N2CCc3sccc3C2)C1. The second-order valence-corrected chi connectivity index (χ2v) is 5.67. The fourth-order valence-corrected chi connectivity index (χ4v) is 3.42. The van der Waals surface area contributed by atoms with Gasteiger partial charge in [-0.25, -0.2) is 0 Å². The average Bonchev–Trinajstić information content (AvgIpc) is 2.61. The van der Waals surface area contributed by atoms with Crippen LogP contribution in [0, 0.1) is 0 Å². The Morgan fingerprint density at radius 3 is 3.06 bits per heavy atom. The Bertz CT molecular complexity index is 409. The predicted octanol–water partition coefficient (Wildman–Crippen LogP) is 1.34. The van der Waals surface area contributed by atoms with Gasteiger partial charge in [0.25, 0.3) is 0 Å². The van der Waals surface area contributed by atoms with Crippen LogP contribution >= 0.6 is 11.3 Å². The van der Waals surface area contributed by atoms with E-state index in [4.69, 9.17) is 0 Å². The molecule has 86 valence electrons. The second-order valence-electron chi connectivity index (χ2n) is 4.67. The van der Waals surface area contributed by atoms with E-state index in [0.717, 1.165) is 26.2 Å². The molecule has 1 aromatic heterocycles. The number of carbonyl (C=O) groups is 1. The van der Waals surface area contributed by atoms with Crippen LogP contribution in [-0.4, -0.2) is 41.4 Å². The Morgan fingerprint density at radius 2 is 2.31 bits per heavy atom. The summed E-state index contributed by atoms with van der Waals surface area (Å²) in [6, 6.07) is 2.84. The summed E-state index contributed by atoms with van der Waals surface area (Å²) < 4.78 is 0. The Kier molecular flexibility index (Phi) is 2.48. The highest BCUT2D eigenvalue weighted by atomic mass is 32.1. The number of likely N-dealkylation sites (tertiary alicyclic amines) is 1. The van der Waals surface area contributed by atoms with Crippen molar-refractivity contribution in [3.63, 3.8) is 0 Å². The zero-order chi connectivity index (χ0) is 11.1. The van der Waals surface area contributed by atoms with E-state index in [1.807, 2.05) is 16.2 Å². The second kappa shape index (κ2) is 3.86. The number of thiophene rings is 1. The van der Waals surface area contributed by atoms with Crippen LogP contribution in [0.25, 0.3) is 0 Å². The first-order valence-electron chi connectivity index (χ1n) is 5.79. The van der Waals surface area contributed by atoms with Gasteiger partial charge in [-0.1, -0.05) is 0 Å². The van der Waals surface area contributed by atoms with E-state index >= 15 is 0 Å². The fourth-order valence-electron chi connectivity index (χ4n) is 2.53. The van der Waals surface area contributed by atoms with Crippen molar-refractivity contribution in [3.8, 4) is 0 Å². The van der Waals surface area contributed by atoms with Crippen molar-refractivity contribution in [1.82, 2.24) is 9.80 Å². The van der Waals surface area contributed by atoms with Gasteiger partial charge in [-0.15, -0.1) is 11.3 Å². The molecule has 16 heavy (non-hydrogen) atoms. The van der Waals surface area contributed by atoms with Crippen LogP contribution in [0.5, 0.6) is 0 Å². The number of fused-ring (bicyclic) bond motifs is 1. The summed E-state index contributed by atoms with van der Waals surface area (Å²) in [6.07, 6.45) is 1.18. The number of nitrogens with zero attached hydrogens (tertiary/aromatic N) is 2. The summed E-state index contributed by atoms with van der Waals surface area (Å²) in [5, 5.41) is 2.19. The first kappa shape index (κ1) is 10.3. The third-order valence-electron chi connectivity index (χ3n) is 3.66. The topological polar surface area (TPSA) is 23.6 Å². The highest BCUT2D eigenvalue weighted by molar-refractivity contribution is 7.10. The molecule has 1 aromatic rings. The number of hydrogen-bond donors (Lipinski definition) is 0. The smallest absolute Gasteiger partial charge is 0.219 e. The lowest BCUT2D eigenvalue weighted by Crippen LogP contribution is -2.61. The standard InChI is InChI=1S/C12H16N2OS/c1-9(15)14-7-11(8-14)13-4-2-12-10(6-13)3-5-16-12/h3,5,11H,2,4,6-8H2,1H3. The normalized spacial score (nSPS) is 21.7. The number of rotatable bonds is 1. The fraction of sp³-hybridized carbons (Fsp3) is 0.583. The molecule has 0 spiro atoms. The summed E-state index contributed by atoms with van der Waals surface area (Å²) >= 11 is 1.88. The summed E-state index contributed by atoms with van der Waals surface area (Å²) in [4.78, 5) is 17.1. The van der Waals surface area contributed by atoms with Gasteiger partial charge in [-0.3, -0.25) is 9.69 Å². The van der Waals surface area contributed by atoms with Crippen LogP contribution in [0.1, 0.15) is 17.4 Å². The maximum Gasteiger partial charge on any atom is 0.219 e. The van der Waals surface area contributed by atoms with Gasteiger partial charge in [0.1, 0.15) is 0 Å². The highest BCUT2D eigenvalue weighted by Gasteiger charge is 2.34. The quantitative estimate of drug-likeness (QED) is 0.734. The van der Waals surface area contributed by atoms with Crippen LogP contribution in [0.3, 0.4) is 0 Å². The Morgan fingerprint density at radius 1 is 1.50 bits per heavy atom. The van der Waals surface area contributed by atoms with Gasteiger partial charge in [0, 0.05) is 44.0 Å². The van der Waals surface area contributed by atoms with Gasteiger partial charge in [-0.2, -0.15) is 0 Å². The average molecular weight is 236 g/mol. The van der Waals surface area contributed by atoms with Gasteiger partial charge in [-0.05, 0) is 23.4 Å². The lowest BCUT2D eigenvalue weighted by atomic mass is 10.0. The molecule has 4 heteroatoms. The third kappa shape index (κ3) is 1.66. The van der Waals surface area contributed by atoms with Crippen LogP contribution in [0.2, 0.25) is 0 Å². The predicted molar refractivity (Wildman–Crippen MR) is 64.5 cm³/mol. The van der Waals surface area contributed by atoms with Crippen LogP contribution in [-0.2, 0) is 17.8 Å². The van der Waals surface area contributed by atoms with Gasteiger partial charge in [0.2, 0.25) is 5.91 Å². The van der Waals surface area contributed by atoms with Crippen molar-refractivity contribution in [1.29, 1.82) is 0 Å². The molecule has 0 radical (unpaired) electrons. The van der Waals surface area contributed by atoms with E-state index in [1.54, 1.807) is 11.8 Å². The minimum atomic E-state index is 0.212. The first-order valence-corrected chi connectivity index (χ1v) is 6.67. The molecule has 0 N–H and O–H groups in total. The maximum atomic E-state index is 11.1. The molecule has 0 aromatic carbocycles. The van der Waals surface area contributed by atoms with Crippen molar-refractivity contribution >= 4 is 17.2 Å². The van der Waals surface area contributed by atoms with Crippen molar-refractivity contribution in [2.24, 2.45) is 0 Å². The molecule has 0 bridgehead atoms. The number of carbonyl (C=O) groups excluding carboxylic acids is 1. The van der Waals surface area contributed by atoms with E-state index < -0.39 is 0 Å². The minimum Gasteiger partial charge on any atom is -0.340 e. The largest absolute Gasteiger partial charge is 0.340 e. The molecule has 2 aliphatic rings. The lowest BCUT2D eigenvalue weighted by Gasteiger charge is -2.46. The number of amides is 1.